The van der Waals surface area contributed by atoms with Crippen molar-refractivity contribution < 1.29 is 0 Å². The van der Waals surface area contributed by atoms with E-state index in [1.807, 2.05) is 0 Å². The number of nitrogens with zero attached hydrogens (tertiary/aromatic N) is 3. The second-order valence-electron chi connectivity index (χ2n) is 5.38. The molecule has 2 aliphatic rings. The molecule has 1 aromatic rings. The number of anilines is 1. The van der Waals surface area contributed by atoms with Crippen molar-refractivity contribution in [2.24, 2.45) is 0 Å². The van der Waals surface area contributed by atoms with E-state index in [9.17, 15) is 0 Å². The van der Waals surface area contributed by atoms with Crippen LogP contribution in [0.25, 0.3) is 0 Å². The van der Waals surface area contributed by atoms with E-state index < -0.39 is 0 Å². The number of aromatic nitrogens is 2. The lowest BCUT2D eigenvalue weighted by Crippen LogP contribution is -2.47. The van der Waals surface area contributed by atoms with Crippen LogP contribution < -0.4 is 5.43 Å². The van der Waals surface area contributed by atoms with E-state index in [1.165, 1.54) is 43.6 Å². The molecule has 17 heavy (non-hydrogen) atoms. The molecule has 2 heterocycles. The summed E-state index contributed by atoms with van der Waals surface area (Å²) in [6, 6.07) is 1.18. The number of hydrogen-bond donors (Lipinski definition) is 1. The smallest absolute Gasteiger partial charge is 0.217 e. The Morgan fingerprint density at radius 1 is 1.18 bits per heavy atom. The Balaban J connectivity index is 1.67. The molecule has 1 saturated carbocycles. The topological polar surface area (TPSA) is 41.0 Å². The summed E-state index contributed by atoms with van der Waals surface area (Å²) >= 11 is 1.50. The van der Waals surface area contributed by atoms with Gasteiger partial charge in [-0.15, -0.1) is 0 Å². The first-order valence-corrected chi connectivity index (χ1v) is 7.40. The fourth-order valence-electron chi connectivity index (χ4n) is 2.54. The van der Waals surface area contributed by atoms with Crippen molar-refractivity contribution in [3.8, 4) is 0 Å². The monoisotopic (exact) mass is 252 g/mol. The van der Waals surface area contributed by atoms with Crippen molar-refractivity contribution in [2.75, 3.05) is 5.43 Å². The summed E-state index contributed by atoms with van der Waals surface area (Å²) in [6.07, 6.45) is 6.42. The summed E-state index contributed by atoms with van der Waals surface area (Å²) in [4.78, 5) is 4.59. The summed E-state index contributed by atoms with van der Waals surface area (Å²) in [5.41, 5.74) is 3.46. The summed E-state index contributed by atoms with van der Waals surface area (Å²) in [5.74, 6) is 1.70. The van der Waals surface area contributed by atoms with Gasteiger partial charge in [-0.1, -0.05) is 6.42 Å². The van der Waals surface area contributed by atoms with Crippen LogP contribution in [0, 0.1) is 0 Å². The van der Waals surface area contributed by atoms with E-state index in [-0.39, 0.29) is 0 Å². The highest BCUT2D eigenvalue weighted by Gasteiger charge is 2.29. The van der Waals surface area contributed by atoms with Gasteiger partial charge in [0.2, 0.25) is 5.13 Å². The highest BCUT2D eigenvalue weighted by Crippen LogP contribution is 2.39. The molecule has 0 bridgehead atoms. The van der Waals surface area contributed by atoms with Crippen LogP contribution in [-0.4, -0.2) is 26.5 Å². The standard InChI is InChI=1S/C12H20N4S/c1-8-4-3-5-9(2)16(8)14-12-13-11(15-17-12)10-6-7-10/h8-10H,3-7H2,1-2H3,(H,13,14,15). The maximum atomic E-state index is 4.59. The lowest BCUT2D eigenvalue weighted by Gasteiger charge is -2.38. The first-order chi connectivity index (χ1) is 8.24. The van der Waals surface area contributed by atoms with E-state index in [1.54, 1.807) is 0 Å². The summed E-state index contributed by atoms with van der Waals surface area (Å²) in [7, 11) is 0. The molecular formula is C12H20N4S. The SMILES string of the molecule is CC1CCCC(C)N1Nc1nc(C2CC2)ns1. The molecule has 0 radical (unpaired) electrons. The van der Waals surface area contributed by atoms with Crippen molar-refractivity contribution in [2.45, 2.75) is 64.0 Å². The molecule has 2 fully saturated rings. The normalized spacial score (nSPS) is 30.5. The molecule has 4 nitrogen and oxygen atoms in total. The van der Waals surface area contributed by atoms with Crippen LogP contribution in [0.4, 0.5) is 5.13 Å². The predicted octanol–water partition coefficient (Wildman–Crippen LogP) is 3.01. The number of nitrogens with one attached hydrogen (secondary N) is 1. The van der Waals surface area contributed by atoms with Crippen LogP contribution in [0.2, 0.25) is 0 Å². The predicted molar refractivity (Wildman–Crippen MR) is 70.1 cm³/mol. The fourth-order valence-corrected chi connectivity index (χ4v) is 3.19. The van der Waals surface area contributed by atoms with Crippen molar-refractivity contribution in [1.82, 2.24) is 14.4 Å². The molecule has 94 valence electrons. The Bertz CT molecular complexity index is 378. The quantitative estimate of drug-likeness (QED) is 0.898. The van der Waals surface area contributed by atoms with Crippen molar-refractivity contribution in [1.29, 1.82) is 0 Å². The Morgan fingerprint density at radius 2 is 1.88 bits per heavy atom. The molecule has 3 rings (SSSR count). The van der Waals surface area contributed by atoms with Gasteiger partial charge < -0.3 is 0 Å². The third-order valence-corrected chi connectivity index (χ3v) is 4.44. The Labute approximate surface area is 107 Å². The molecule has 5 heteroatoms. The maximum absolute atomic E-state index is 4.59. The van der Waals surface area contributed by atoms with E-state index in [4.69, 9.17) is 0 Å². The second kappa shape index (κ2) is 4.53. The van der Waals surface area contributed by atoms with Crippen LogP contribution in [0.3, 0.4) is 0 Å². The molecular weight excluding hydrogens is 232 g/mol. The van der Waals surface area contributed by atoms with Gasteiger partial charge >= 0.3 is 0 Å². The van der Waals surface area contributed by atoms with Crippen LogP contribution in [0.15, 0.2) is 0 Å². The molecule has 2 atom stereocenters. The molecule has 1 saturated heterocycles. The molecule has 1 aliphatic carbocycles. The van der Waals surface area contributed by atoms with Gasteiger partial charge in [0.05, 0.1) is 0 Å². The van der Waals surface area contributed by atoms with Crippen molar-refractivity contribution >= 4 is 16.7 Å². The van der Waals surface area contributed by atoms with Gasteiger partial charge in [-0.2, -0.15) is 4.37 Å². The van der Waals surface area contributed by atoms with Crippen molar-refractivity contribution in [3.05, 3.63) is 5.82 Å². The minimum Gasteiger partial charge on any atom is -0.293 e. The first-order valence-electron chi connectivity index (χ1n) is 6.62. The lowest BCUT2D eigenvalue weighted by atomic mass is 10.00. The van der Waals surface area contributed by atoms with Gasteiger partial charge in [0, 0.05) is 29.5 Å². The fraction of sp³-hybridized carbons (Fsp3) is 0.833. The molecule has 1 N–H and O–H groups in total. The average molecular weight is 252 g/mol. The average Bonchev–Trinajstić information content (AvgIpc) is 3.05. The third kappa shape index (κ3) is 2.45. The zero-order valence-corrected chi connectivity index (χ0v) is 11.3. The molecule has 0 spiro atoms. The van der Waals surface area contributed by atoms with E-state index >= 15 is 0 Å². The molecule has 1 aliphatic heterocycles. The first kappa shape index (κ1) is 11.4. The number of rotatable bonds is 3. The van der Waals surface area contributed by atoms with Gasteiger partial charge in [-0.25, -0.2) is 9.99 Å². The molecule has 0 amide bonds. The Hall–Kier alpha value is -0.680. The minimum atomic E-state index is 0.590. The van der Waals surface area contributed by atoms with Crippen LogP contribution in [0.5, 0.6) is 0 Å². The summed E-state index contributed by atoms with van der Waals surface area (Å²) < 4.78 is 4.44. The van der Waals surface area contributed by atoms with Crippen molar-refractivity contribution in [3.63, 3.8) is 0 Å². The van der Waals surface area contributed by atoms with Crippen LogP contribution in [-0.2, 0) is 0 Å². The molecule has 2 unspecified atom stereocenters. The maximum Gasteiger partial charge on any atom is 0.217 e. The van der Waals surface area contributed by atoms with Gasteiger partial charge in [0.1, 0.15) is 5.82 Å². The molecule has 1 aromatic heterocycles. The zero-order valence-electron chi connectivity index (χ0n) is 10.5. The van der Waals surface area contributed by atoms with Gasteiger partial charge in [-0.3, -0.25) is 5.43 Å². The third-order valence-electron chi connectivity index (χ3n) is 3.80. The van der Waals surface area contributed by atoms with Gasteiger partial charge in [-0.05, 0) is 39.5 Å². The van der Waals surface area contributed by atoms with Crippen LogP contribution >= 0.6 is 11.5 Å². The Kier molecular flexibility index (Phi) is 3.04. The zero-order chi connectivity index (χ0) is 11.8. The highest BCUT2D eigenvalue weighted by atomic mass is 32.1. The van der Waals surface area contributed by atoms with Crippen LogP contribution in [0.1, 0.15) is 57.7 Å². The van der Waals surface area contributed by atoms with E-state index in [2.05, 4.69) is 33.6 Å². The summed E-state index contributed by atoms with van der Waals surface area (Å²) in [6.45, 7) is 4.57. The second-order valence-corrected chi connectivity index (χ2v) is 6.13. The Morgan fingerprint density at radius 3 is 2.53 bits per heavy atom. The van der Waals surface area contributed by atoms with E-state index in [0.29, 0.717) is 18.0 Å². The largest absolute Gasteiger partial charge is 0.293 e. The number of hydrogen-bond acceptors (Lipinski definition) is 5. The number of piperidine rings is 1. The van der Waals surface area contributed by atoms with E-state index in [0.717, 1.165) is 11.0 Å². The lowest BCUT2D eigenvalue weighted by molar-refractivity contribution is 0.135. The van der Waals surface area contributed by atoms with Gasteiger partial charge in [0.25, 0.3) is 0 Å². The molecule has 0 aromatic carbocycles. The number of hydrazine groups is 1. The van der Waals surface area contributed by atoms with Gasteiger partial charge in [0.15, 0.2) is 0 Å². The highest BCUT2D eigenvalue weighted by molar-refractivity contribution is 7.09. The summed E-state index contributed by atoms with van der Waals surface area (Å²) in [5, 5.41) is 3.31. The minimum absolute atomic E-state index is 0.590.